The lowest BCUT2D eigenvalue weighted by Gasteiger charge is -2.32. The Bertz CT molecular complexity index is 1360. The topological polar surface area (TPSA) is 98.1 Å². The van der Waals surface area contributed by atoms with Crippen LogP contribution >= 0.6 is 0 Å². The van der Waals surface area contributed by atoms with E-state index in [1.807, 2.05) is 54.7 Å². The van der Waals surface area contributed by atoms with Crippen LogP contribution in [0, 0.1) is 0 Å². The molecular formula is C29H38F3N5O4. The Morgan fingerprint density at radius 2 is 1.71 bits per heavy atom. The van der Waals surface area contributed by atoms with Gasteiger partial charge in [0.15, 0.2) is 0 Å². The summed E-state index contributed by atoms with van der Waals surface area (Å²) in [6.07, 6.45) is -0.349. The number of pyridine rings is 2. The number of amides is 2. The number of alkyl halides is 3. The number of hydrogen-bond donors (Lipinski definition) is 1. The summed E-state index contributed by atoms with van der Waals surface area (Å²) in [5.74, 6) is -0.357. The van der Waals surface area contributed by atoms with E-state index in [2.05, 4.69) is 10.3 Å². The number of ether oxygens (including phenoxy) is 2. The number of hydrogen-bond acceptors (Lipinski definition) is 6. The summed E-state index contributed by atoms with van der Waals surface area (Å²) in [6, 6.07) is 4.83. The molecule has 0 bridgehead atoms. The van der Waals surface area contributed by atoms with Gasteiger partial charge in [-0.3, -0.25) is 4.79 Å². The minimum Gasteiger partial charge on any atom is -0.489 e. The van der Waals surface area contributed by atoms with Crippen molar-refractivity contribution in [2.75, 3.05) is 18.4 Å². The van der Waals surface area contributed by atoms with Crippen LogP contribution in [0.5, 0.6) is 5.75 Å². The fourth-order valence-corrected chi connectivity index (χ4v) is 4.27. The minimum absolute atomic E-state index is 0.116. The molecule has 41 heavy (non-hydrogen) atoms. The van der Waals surface area contributed by atoms with Crippen LogP contribution in [-0.2, 0) is 10.9 Å². The van der Waals surface area contributed by atoms with E-state index in [1.54, 1.807) is 21.6 Å². The number of nitrogens with zero attached hydrogens (tertiary/aromatic N) is 4. The van der Waals surface area contributed by atoms with Crippen molar-refractivity contribution in [2.24, 2.45) is 0 Å². The van der Waals surface area contributed by atoms with Gasteiger partial charge in [0, 0.05) is 37.5 Å². The Morgan fingerprint density at radius 1 is 1.05 bits per heavy atom. The number of carbonyl (C=O) groups excluding carboxylic acids is 2. The van der Waals surface area contributed by atoms with Gasteiger partial charge in [0.25, 0.3) is 5.91 Å². The first-order valence-corrected chi connectivity index (χ1v) is 13.7. The molecule has 0 aromatic carbocycles. The second kappa shape index (κ2) is 12.8. The number of anilines is 1. The predicted molar refractivity (Wildman–Crippen MR) is 149 cm³/mol. The molecule has 12 heteroatoms. The summed E-state index contributed by atoms with van der Waals surface area (Å²) in [7, 11) is 0. The highest BCUT2D eigenvalue weighted by Gasteiger charge is 2.33. The van der Waals surface area contributed by atoms with Crippen molar-refractivity contribution in [3.8, 4) is 5.75 Å². The van der Waals surface area contributed by atoms with E-state index >= 15 is 0 Å². The Balaban J connectivity index is 0.00000226. The highest BCUT2D eigenvalue weighted by atomic mass is 19.4. The maximum absolute atomic E-state index is 13.1. The Labute approximate surface area is 238 Å². The molecule has 1 fully saturated rings. The van der Waals surface area contributed by atoms with Crippen molar-refractivity contribution < 1.29 is 32.2 Å². The predicted octanol–water partition coefficient (Wildman–Crippen LogP) is 6.93. The lowest BCUT2D eigenvalue weighted by molar-refractivity contribution is -0.141. The Kier molecular flexibility index (Phi) is 9.88. The fraction of sp³-hybridized carbons (Fsp3) is 0.517. The van der Waals surface area contributed by atoms with E-state index in [4.69, 9.17) is 14.5 Å². The van der Waals surface area contributed by atoms with Crippen LogP contribution in [0.25, 0.3) is 5.65 Å². The van der Waals surface area contributed by atoms with Gasteiger partial charge in [-0.25, -0.2) is 14.8 Å². The van der Waals surface area contributed by atoms with Crippen LogP contribution in [0.3, 0.4) is 0 Å². The summed E-state index contributed by atoms with van der Waals surface area (Å²) in [5.41, 5.74) is -0.396. The molecule has 4 rings (SSSR count). The number of aromatic nitrogens is 3. The molecule has 224 valence electrons. The van der Waals surface area contributed by atoms with Crippen molar-refractivity contribution in [2.45, 2.75) is 85.1 Å². The fourth-order valence-electron chi connectivity index (χ4n) is 4.27. The van der Waals surface area contributed by atoms with Crippen LogP contribution in [-0.4, -0.2) is 56.1 Å². The number of imidazole rings is 1. The van der Waals surface area contributed by atoms with Gasteiger partial charge in [0.1, 0.15) is 34.1 Å². The molecule has 0 radical (unpaired) electrons. The highest BCUT2D eigenvalue weighted by Crippen LogP contribution is 2.33. The summed E-state index contributed by atoms with van der Waals surface area (Å²) in [5, 5.41) is 2.63. The van der Waals surface area contributed by atoms with Gasteiger partial charge in [-0.1, -0.05) is 19.9 Å². The van der Waals surface area contributed by atoms with Gasteiger partial charge in [-0.2, -0.15) is 13.2 Å². The number of likely N-dealkylation sites (tertiary alicyclic amines) is 1. The molecule has 9 nitrogen and oxygen atoms in total. The molecule has 2 amide bonds. The standard InChI is InChI=1S/C27H32F3N5O4.C2H6/c1-16(2)38-21-13-23-32-19(17-9-11-34(12-10-17)25(37)39-26(3,4)5)14-35(23)15-20(21)33-24(36)18-7-6-8-22(31-18)27(28,29)30;1-2/h6-8,13-17H,9-12H2,1-5H3,(H,33,36);1-2H3. The normalized spacial score (nSPS) is 14.5. The van der Waals surface area contributed by atoms with E-state index < -0.39 is 23.4 Å². The zero-order chi connectivity index (χ0) is 30.5. The van der Waals surface area contributed by atoms with Gasteiger partial charge in [0.2, 0.25) is 0 Å². The molecule has 0 aliphatic carbocycles. The first-order valence-electron chi connectivity index (χ1n) is 13.7. The van der Waals surface area contributed by atoms with E-state index in [9.17, 15) is 22.8 Å². The number of piperidine rings is 1. The molecule has 0 atom stereocenters. The quantitative estimate of drug-likeness (QED) is 0.353. The van der Waals surface area contributed by atoms with Crippen molar-refractivity contribution >= 4 is 23.3 Å². The van der Waals surface area contributed by atoms with Crippen LogP contribution < -0.4 is 10.1 Å². The van der Waals surface area contributed by atoms with E-state index in [1.165, 1.54) is 6.07 Å². The smallest absolute Gasteiger partial charge is 0.433 e. The third-order valence-corrected chi connectivity index (χ3v) is 6.02. The molecule has 3 aromatic heterocycles. The van der Waals surface area contributed by atoms with Gasteiger partial charge in [-0.05, 0) is 59.6 Å². The van der Waals surface area contributed by atoms with Gasteiger partial charge < -0.3 is 24.1 Å². The number of rotatable bonds is 5. The van der Waals surface area contributed by atoms with Crippen molar-refractivity contribution in [1.29, 1.82) is 0 Å². The zero-order valence-corrected chi connectivity index (χ0v) is 24.5. The molecule has 1 aliphatic heterocycles. The number of nitrogens with one attached hydrogen (secondary N) is 1. The summed E-state index contributed by atoms with van der Waals surface area (Å²) in [4.78, 5) is 35.1. The van der Waals surface area contributed by atoms with Crippen molar-refractivity contribution in [3.63, 3.8) is 0 Å². The van der Waals surface area contributed by atoms with Gasteiger partial charge in [-0.15, -0.1) is 0 Å². The van der Waals surface area contributed by atoms with E-state index in [0.29, 0.717) is 37.3 Å². The molecule has 0 saturated carbocycles. The first-order chi connectivity index (χ1) is 19.2. The zero-order valence-electron chi connectivity index (χ0n) is 24.5. The van der Waals surface area contributed by atoms with Crippen LogP contribution in [0.1, 0.15) is 89.1 Å². The monoisotopic (exact) mass is 577 g/mol. The third kappa shape index (κ3) is 8.34. The van der Waals surface area contributed by atoms with Crippen molar-refractivity contribution in [3.05, 3.63) is 53.7 Å². The van der Waals surface area contributed by atoms with Crippen LogP contribution in [0.4, 0.5) is 23.7 Å². The summed E-state index contributed by atoms with van der Waals surface area (Å²) in [6.45, 7) is 14.2. The van der Waals surface area contributed by atoms with E-state index in [0.717, 1.165) is 17.8 Å². The molecular weight excluding hydrogens is 539 g/mol. The van der Waals surface area contributed by atoms with Crippen LogP contribution in [0.2, 0.25) is 0 Å². The Morgan fingerprint density at radius 3 is 2.29 bits per heavy atom. The molecule has 3 aromatic rings. The van der Waals surface area contributed by atoms with Crippen LogP contribution in [0.15, 0.2) is 36.7 Å². The first kappa shape index (κ1) is 31.7. The number of halogens is 3. The lowest BCUT2D eigenvalue weighted by atomic mass is 9.94. The molecule has 4 heterocycles. The SMILES string of the molecule is CC.CC(C)Oc1cc2nc(C3CCN(C(=O)OC(C)(C)C)CC3)cn2cc1NC(=O)c1cccc(C(F)(F)F)n1. The minimum atomic E-state index is -4.67. The average molecular weight is 578 g/mol. The van der Waals surface area contributed by atoms with Crippen molar-refractivity contribution in [1.82, 2.24) is 19.3 Å². The Hall–Kier alpha value is -3.83. The second-order valence-electron chi connectivity index (χ2n) is 10.8. The average Bonchev–Trinajstić information content (AvgIpc) is 3.31. The number of carbonyl (C=O) groups is 2. The van der Waals surface area contributed by atoms with Gasteiger partial charge >= 0.3 is 12.3 Å². The highest BCUT2D eigenvalue weighted by molar-refractivity contribution is 6.03. The lowest BCUT2D eigenvalue weighted by Crippen LogP contribution is -2.41. The summed E-state index contributed by atoms with van der Waals surface area (Å²) >= 11 is 0. The second-order valence-corrected chi connectivity index (χ2v) is 10.8. The molecule has 1 aliphatic rings. The van der Waals surface area contributed by atoms with Gasteiger partial charge in [0.05, 0.1) is 11.8 Å². The molecule has 0 spiro atoms. The summed E-state index contributed by atoms with van der Waals surface area (Å²) < 4.78 is 52.3. The molecule has 1 saturated heterocycles. The number of fused-ring (bicyclic) bond motifs is 1. The molecule has 0 unspecified atom stereocenters. The maximum atomic E-state index is 13.1. The largest absolute Gasteiger partial charge is 0.489 e. The maximum Gasteiger partial charge on any atom is 0.433 e. The van der Waals surface area contributed by atoms with E-state index in [-0.39, 0.29) is 29.5 Å². The molecule has 1 N–H and O–H groups in total. The third-order valence-electron chi connectivity index (χ3n) is 6.02.